The van der Waals surface area contributed by atoms with Gasteiger partial charge in [0.25, 0.3) is 0 Å². The molecular formula is C15H24O2. The van der Waals surface area contributed by atoms with E-state index in [0.29, 0.717) is 24.2 Å². The van der Waals surface area contributed by atoms with E-state index in [1.807, 2.05) is 6.92 Å². The Labute approximate surface area is 104 Å². The molecule has 0 heterocycles. The first kappa shape index (κ1) is 11.6. The Morgan fingerprint density at radius 2 is 2.06 bits per heavy atom. The molecule has 0 aromatic carbocycles. The number of esters is 1. The first-order chi connectivity index (χ1) is 8.07. The van der Waals surface area contributed by atoms with Crippen molar-refractivity contribution in [3.63, 3.8) is 0 Å². The second-order valence-electron chi connectivity index (χ2n) is 6.71. The van der Waals surface area contributed by atoms with Gasteiger partial charge in [0, 0.05) is 12.3 Å². The molecule has 0 N–H and O–H groups in total. The summed E-state index contributed by atoms with van der Waals surface area (Å²) in [4.78, 5) is 11.8. The van der Waals surface area contributed by atoms with E-state index in [1.165, 1.54) is 25.7 Å². The molecule has 4 saturated carbocycles. The molecule has 0 aliphatic heterocycles. The summed E-state index contributed by atoms with van der Waals surface area (Å²) in [5, 5.41) is 0. The Balaban J connectivity index is 1.93. The van der Waals surface area contributed by atoms with E-state index in [2.05, 4.69) is 13.8 Å². The van der Waals surface area contributed by atoms with Gasteiger partial charge in [0.05, 0.1) is 0 Å². The van der Waals surface area contributed by atoms with Crippen molar-refractivity contribution in [3.05, 3.63) is 0 Å². The van der Waals surface area contributed by atoms with Crippen LogP contribution in [0.15, 0.2) is 0 Å². The first-order valence-electron chi connectivity index (χ1n) is 7.29. The fourth-order valence-corrected chi connectivity index (χ4v) is 5.23. The summed E-state index contributed by atoms with van der Waals surface area (Å²) in [5.41, 5.74) is -0.106. The standard InChI is InChI=1S/C15H24O2/c1-4-14(16)17-15(9(2)3)12-6-10-5-11(8-12)13(15)7-10/h9-13H,4-8H2,1-3H3. The van der Waals surface area contributed by atoms with Crippen molar-refractivity contribution in [1.82, 2.24) is 0 Å². The molecule has 4 fully saturated rings. The summed E-state index contributed by atoms with van der Waals surface area (Å²) >= 11 is 0. The molecule has 0 aromatic heterocycles. The molecule has 5 atom stereocenters. The molecule has 0 spiro atoms. The van der Waals surface area contributed by atoms with Gasteiger partial charge in [0.15, 0.2) is 0 Å². The average Bonchev–Trinajstić information content (AvgIpc) is 2.69. The van der Waals surface area contributed by atoms with Crippen LogP contribution in [-0.2, 0) is 9.53 Å². The van der Waals surface area contributed by atoms with Crippen molar-refractivity contribution in [1.29, 1.82) is 0 Å². The van der Waals surface area contributed by atoms with Crippen molar-refractivity contribution in [2.45, 2.75) is 58.5 Å². The highest BCUT2D eigenvalue weighted by molar-refractivity contribution is 5.69. The Morgan fingerprint density at radius 3 is 2.65 bits per heavy atom. The maximum absolute atomic E-state index is 11.8. The Kier molecular flexibility index (Phi) is 2.53. The van der Waals surface area contributed by atoms with Gasteiger partial charge in [-0.2, -0.15) is 0 Å². The molecule has 2 nitrogen and oxygen atoms in total. The van der Waals surface area contributed by atoms with E-state index in [-0.39, 0.29) is 11.6 Å². The smallest absolute Gasteiger partial charge is 0.306 e. The minimum atomic E-state index is -0.106. The van der Waals surface area contributed by atoms with Crippen LogP contribution in [0.2, 0.25) is 0 Å². The van der Waals surface area contributed by atoms with E-state index >= 15 is 0 Å². The van der Waals surface area contributed by atoms with Crippen molar-refractivity contribution >= 4 is 5.97 Å². The fourth-order valence-electron chi connectivity index (χ4n) is 5.23. The van der Waals surface area contributed by atoms with Gasteiger partial charge in [0.1, 0.15) is 5.60 Å². The molecule has 4 bridgehead atoms. The zero-order valence-corrected chi connectivity index (χ0v) is 11.2. The lowest BCUT2D eigenvalue weighted by molar-refractivity contribution is -0.183. The van der Waals surface area contributed by atoms with Crippen LogP contribution in [0.3, 0.4) is 0 Å². The van der Waals surface area contributed by atoms with Gasteiger partial charge in [-0.05, 0) is 49.4 Å². The minimum Gasteiger partial charge on any atom is -0.458 e. The summed E-state index contributed by atoms with van der Waals surface area (Å²) in [6.45, 7) is 6.40. The summed E-state index contributed by atoms with van der Waals surface area (Å²) in [5.74, 6) is 3.59. The van der Waals surface area contributed by atoms with E-state index in [0.717, 1.165) is 11.8 Å². The Hall–Kier alpha value is -0.530. The van der Waals surface area contributed by atoms with Gasteiger partial charge < -0.3 is 4.74 Å². The molecule has 96 valence electrons. The van der Waals surface area contributed by atoms with Crippen LogP contribution in [0.4, 0.5) is 0 Å². The second kappa shape index (κ2) is 3.73. The van der Waals surface area contributed by atoms with Crippen molar-refractivity contribution < 1.29 is 9.53 Å². The number of hydrogen-bond acceptors (Lipinski definition) is 2. The molecule has 4 aliphatic carbocycles. The van der Waals surface area contributed by atoms with Gasteiger partial charge in [0.2, 0.25) is 0 Å². The van der Waals surface area contributed by atoms with Crippen molar-refractivity contribution in [2.75, 3.05) is 0 Å². The summed E-state index contributed by atoms with van der Waals surface area (Å²) in [7, 11) is 0. The Morgan fingerprint density at radius 1 is 1.29 bits per heavy atom. The predicted molar refractivity (Wildman–Crippen MR) is 66.4 cm³/mol. The normalized spacial score (nSPS) is 46.8. The highest BCUT2D eigenvalue weighted by Gasteiger charge is 2.65. The summed E-state index contributed by atoms with van der Waals surface area (Å²) in [6.07, 6.45) is 5.86. The predicted octanol–water partition coefficient (Wildman–Crippen LogP) is 3.40. The van der Waals surface area contributed by atoms with Crippen LogP contribution < -0.4 is 0 Å². The summed E-state index contributed by atoms with van der Waals surface area (Å²) in [6, 6.07) is 0. The molecular weight excluding hydrogens is 212 g/mol. The van der Waals surface area contributed by atoms with Crippen LogP contribution in [0, 0.1) is 29.6 Å². The van der Waals surface area contributed by atoms with Crippen molar-refractivity contribution in [3.8, 4) is 0 Å². The second-order valence-corrected chi connectivity index (χ2v) is 6.71. The monoisotopic (exact) mass is 236 g/mol. The topological polar surface area (TPSA) is 26.3 Å². The van der Waals surface area contributed by atoms with Gasteiger partial charge >= 0.3 is 5.97 Å². The zero-order valence-electron chi connectivity index (χ0n) is 11.2. The molecule has 4 rings (SSSR count). The highest BCUT2D eigenvalue weighted by atomic mass is 16.6. The number of rotatable bonds is 3. The summed E-state index contributed by atoms with van der Waals surface area (Å²) < 4.78 is 6.03. The molecule has 0 radical (unpaired) electrons. The third-order valence-corrected chi connectivity index (χ3v) is 5.70. The number of carbonyl (C=O) groups is 1. The lowest BCUT2D eigenvalue weighted by Crippen LogP contribution is -2.51. The molecule has 2 heteroatoms. The third-order valence-electron chi connectivity index (χ3n) is 5.70. The van der Waals surface area contributed by atoms with E-state index in [4.69, 9.17) is 4.74 Å². The zero-order chi connectivity index (χ0) is 12.2. The van der Waals surface area contributed by atoms with Crippen LogP contribution in [0.1, 0.15) is 52.9 Å². The van der Waals surface area contributed by atoms with Crippen LogP contribution in [0.5, 0.6) is 0 Å². The minimum absolute atomic E-state index is 0.00898. The SMILES string of the molecule is CCC(=O)OC1(C(C)C)C2CC3CC(C2)C1C3. The molecule has 4 aliphatic rings. The Bertz CT molecular complexity index is 332. The number of carbonyl (C=O) groups excluding carboxylic acids is 1. The van der Waals surface area contributed by atoms with Gasteiger partial charge in [-0.3, -0.25) is 4.79 Å². The largest absolute Gasteiger partial charge is 0.458 e. The first-order valence-corrected chi connectivity index (χ1v) is 7.29. The number of ether oxygens (including phenoxy) is 1. The van der Waals surface area contributed by atoms with E-state index in [9.17, 15) is 4.79 Å². The molecule has 0 saturated heterocycles. The van der Waals surface area contributed by atoms with Gasteiger partial charge in [-0.25, -0.2) is 0 Å². The lowest BCUT2D eigenvalue weighted by Gasteiger charge is -2.46. The molecule has 17 heavy (non-hydrogen) atoms. The van der Waals surface area contributed by atoms with Crippen molar-refractivity contribution in [2.24, 2.45) is 29.6 Å². The number of hydrogen-bond donors (Lipinski definition) is 0. The molecule has 5 unspecified atom stereocenters. The van der Waals surface area contributed by atoms with Gasteiger partial charge in [-0.1, -0.05) is 20.8 Å². The highest BCUT2D eigenvalue weighted by Crippen LogP contribution is 2.66. The van der Waals surface area contributed by atoms with Gasteiger partial charge in [-0.15, -0.1) is 0 Å². The van der Waals surface area contributed by atoms with E-state index in [1.54, 1.807) is 0 Å². The average molecular weight is 236 g/mol. The van der Waals surface area contributed by atoms with E-state index < -0.39 is 0 Å². The third kappa shape index (κ3) is 1.42. The van der Waals surface area contributed by atoms with Crippen LogP contribution in [-0.4, -0.2) is 11.6 Å². The maximum atomic E-state index is 11.8. The quantitative estimate of drug-likeness (QED) is 0.702. The maximum Gasteiger partial charge on any atom is 0.306 e. The molecule has 0 amide bonds. The van der Waals surface area contributed by atoms with Crippen LogP contribution >= 0.6 is 0 Å². The lowest BCUT2D eigenvalue weighted by atomic mass is 9.67. The molecule has 0 aromatic rings. The fraction of sp³-hybridized carbons (Fsp3) is 0.933. The van der Waals surface area contributed by atoms with Crippen LogP contribution in [0.25, 0.3) is 0 Å².